The molecule has 0 saturated heterocycles. The SMILES string of the molecule is CCSC1=C(C#N)[C@@H](C)[C@H](C#N)C(=O)N1. The first-order chi connectivity index (χ1) is 7.15. The summed E-state index contributed by atoms with van der Waals surface area (Å²) < 4.78 is 0. The summed E-state index contributed by atoms with van der Waals surface area (Å²) in [7, 11) is 0. The molecule has 0 unspecified atom stereocenters. The van der Waals surface area contributed by atoms with Crippen molar-refractivity contribution in [3.05, 3.63) is 10.6 Å². The predicted molar refractivity (Wildman–Crippen MR) is 57.2 cm³/mol. The molecule has 15 heavy (non-hydrogen) atoms. The second kappa shape index (κ2) is 4.86. The zero-order valence-corrected chi connectivity index (χ0v) is 9.39. The average molecular weight is 221 g/mol. The van der Waals surface area contributed by atoms with Gasteiger partial charge in [-0.1, -0.05) is 13.8 Å². The maximum absolute atomic E-state index is 11.5. The first-order valence-electron chi connectivity index (χ1n) is 4.63. The fourth-order valence-electron chi connectivity index (χ4n) is 1.44. The van der Waals surface area contributed by atoms with Gasteiger partial charge in [-0.2, -0.15) is 10.5 Å². The van der Waals surface area contributed by atoms with Gasteiger partial charge in [0.25, 0.3) is 0 Å². The molecule has 1 rings (SSSR count). The van der Waals surface area contributed by atoms with Gasteiger partial charge in [0.05, 0.1) is 22.7 Å². The molecule has 5 heteroatoms. The molecule has 0 aromatic heterocycles. The Labute approximate surface area is 92.9 Å². The van der Waals surface area contributed by atoms with E-state index in [4.69, 9.17) is 10.5 Å². The Morgan fingerprint density at radius 2 is 2.20 bits per heavy atom. The minimum atomic E-state index is -0.749. The van der Waals surface area contributed by atoms with Crippen molar-refractivity contribution in [1.82, 2.24) is 5.32 Å². The van der Waals surface area contributed by atoms with Crippen molar-refractivity contribution in [2.75, 3.05) is 5.75 Å². The monoisotopic (exact) mass is 221 g/mol. The molecule has 2 atom stereocenters. The normalized spacial score (nSPS) is 25.5. The largest absolute Gasteiger partial charge is 0.319 e. The Morgan fingerprint density at radius 1 is 1.53 bits per heavy atom. The minimum absolute atomic E-state index is 0.306. The number of hydrogen-bond donors (Lipinski definition) is 1. The minimum Gasteiger partial charge on any atom is -0.319 e. The molecule has 1 aliphatic rings. The summed E-state index contributed by atoms with van der Waals surface area (Å²) >= 11 is 1.42. The lowest BCUT2D eigenvalue weighted by Gasteiger charge is -2.25. The summed E-state index contributed by atoms with van der Waals surface area (Å²) in [4.78, 5) is 11.5. The van der Waals surface area contributed by atoms with Crippen molar-refractivity contribution < 1.29 is 4.79 Å². The van der Waals surface area contributed by atoms with Crippen molar-refractivity contribution in [3.63, 3.8) is 0 Å². The molecular weight excluding hydrogens is 210 g/mol. The van der Waals surface area contributed by atoms with E-state index in [0.29, 0.717) is 10.6 Å². The van der Waals surface area contributed by atoms with Crippen LogP contribution in [0, 0.1) is 34.5 Å². The molecule has 4 nitrogen and oxygen atoms in total. The smallest absolute Gasteiger partial charge is 0.242 e. The highest BCUT2D eigenvalue weighted by molar-refractivity contribution is 8.03. The number of carbonyl (C=O) groups excluding carboxylic acids is 1. The van der Waals surface area contributed by atoms with Crippen molar-refractivity contribution >= 4 is 17.7 Å². The van der Waals surface area contributed by atoms with Crippen LogP contribution in [0.1, 0.15) is 13.8 Å². The first kappa shape index (κ1) is 11.6. The van der Waals surface area contributed by atoms with Crippen LogP contribution in [-0.4, -0.2) is 11.7 Å². The fraction of sp³-hybridized carbons (Fsp3) is 0.500. The van der Waals surface area contributed by atoms with Crippen molar-refractivity contribution in [2.45, 2.75) is 13.8 Å². The van der Waals surface area contributed by atoms with Crippen LogP contribution in [0.25, 0.3) is 0 Å². The predicted octanol–water partition coefficient (Wildman–Crippen LogP) is 1.38. The van der Waals surface area contributed by atoms with Crippen LogP contribution in [0.4, 0.5) is 0 Å². The van der Waals surface area contributed by atoms with E-state index in [2.05, 4.69) is 11.4 Å². The maximum Gasteiger partial charge on any atom is 0.242 e. The van der Waals surface area contributed by atoms with Gasteiger partial charge in [-0.05, 0) is 5.75 Å². The second-order valence-corrected chi connectivity index (χ2v) is 4.45. The van der Waals surface area contributed by atoms with E-state index >= 15 is 0 Å². The van der Waals surface area contributed by atoms with E-state index in [9.17, 15) is 4.79 Å². The van der Waals surface area contributed by atoms with Crippen LogP contribution < -0.4 is 5.32 Å². The summed E-state index contributed by atoms with van der Waals surface area (Å²) in [5.74, 6) is -0.589. The molecule has 1 amide bonds. The Bertz CT molecular complexity index is 388. The Hall–Kier alpha value is -1.46. The van der Waals surface area contributed by atoms with Gasteiger partial charge in [-0.15, -0.1) is 11.8 Å². The molecule has 0 fully saturated rings. The third-order valence-corrected chi connectivity index (χ3v) is 3.17. The van der Waals surface area contributed by atoms with E-state index < -0.39 is 5.92 Å². The van der Waals surface area contributed by atoms with E-state index in [1.165, 1.54) is 11.8 Å². The molecule has 1 aliphatic heterocycles. The van der Waals surface area contributed by atoms with Crippen molar-refractivity contribution in [3.8, 4) is 12.1 Å². The third kappa shape index (κ3) is 2.14. The molecule has 1 heterocycles. The van der Waals surface area contributed by atoms with Crippen LogP contribution in [-0.2, 0) is 4.79 Å². The number of carbonyl (C=O) groups is 1. The molecule has 1 N–H and O–H groups in total. The lowest BCUT2D eigenvalue weighted by molar-refractivity contribution is -0.123. The van der Waals surface area contributed by atoms with E-state index in [-0.39, 0.29) is 11.8 Å². The zero-order chi connectivity index (χ0) is 11.4. The average Bonchev–Trinajstić information content (AvgIpc) is 2.19. The topological polar surface area (TPSA) is 76.7 Å². The Morgan fingerprint density at radius 3 is 2.67 bits per heavy atom. The van der Waals surface area contributed by atoms with Gasteiger partial charge in [-0.25, -0.2) is 0 Å². The fourth-order valence-corrected chi connectivity index (χ4v) is 2.29. The maximum atomic E-state index is 11.5. The number of rotatable bonds is 2. The van der Waals surface area contributed by atoms with Crippen LogP contribution in [0.15, 0.2) is 10.6 Å². The molecule has 0 saturated carbocycles. The molecular formula is C10H11N3OS. The van der Waals surface area contributed by atoms with Gasteiger partial charge < -0.3 is 5.32 Å². The number of nitrogens with zero attached hydrogens (tertiary/aromatic N) is 2. The number of nitriles is 2. The standard InChI is InChI=1S/C10H11N3OS/c1-3-15-10-8(5-12)6(2)7(4-11)9(14)13-10/h6-7H,3H2,1-2H3,(H,13,14)/t6-,7-/m0/s1. The van der Waals surface area contributed by atoms with Crippen LogP contribution >= 0.6 is 11.8 Å². The first-order valence-corrected chi connectivity index (χ1v) is 5.61. The number of nitrogens with one attached hydrogen (secondary N) is 1. The van der Waals surface area contributed by atoms with Crippen molar-refractivity contribution in [2.24, 2.45) is 11.8 Å². The zero-order valence-electron chi connectivity index (χ0n) is 8.57. The summed E-state index contributed by atoms with van der Waals surface area (Å²) in [6.45, 7) is 3.68. The van der Waals surface area contributed by atoms with Crippen molar-refractivity contribution in [1.29, 1.82) is 10.5 Å². The van der Waals surface area contributed by atoms with E-state index in [0.717, 1.165) is 5.75 Å². The quantitative estimate of drug-likeness (QED) is 0.764. The molecule has 78 valence electrons. The number of hydrogen-bond acceptors (Lipinski definition) is 4. The summed E-state index contributed by atoms with van der Waals surface area (Å²) in [5.41, 5.74) is 0.507. The lowest BCUT2D eigenvalue weighted by atomic mass is 9.86. The highest BCUT2D eigenvalue weighted by atomic mass is 32.2. The van der Waals surface area contributed by atoms with E-state index in [1.54, 1.807) is 6.92 Å². The lowest BCUT2D eigenvalue weighted by Crippen LogP contribution is -2.38. The van der Waals surface area contributed by atoms with Crippen LogP contribution in [0.5, 0.6) is 0 Å². The number of allylic oxidation sites excluding steroid dienone is 1. The number of thioether (sulfide) groups is 1. The summed E-state index contributed by atoms with van der Waals surface area (Å²) in [6, 6.07) is 3.99. The molecule has 0 aromatic carbocycles. The molecule has 0 spiro atoms. The summed E-state index contributed by atoms with van der Waals surface area (Å²) in [6.07, 6.45) is 0. The third-order valence-electron chi connectivity index (χ3n) is 2.27. The highest BCUT2D eigenvalue weighted by Crippen LogP contribution is 2.31. The Kier molecular flexibility index (Phi) is 3.76. The van der Waals surface area contributed by atoms with Gasteiger partial charge in [0, 0.05) is 5.92 Å². The van der Waals surface area contributed by atoms with Crippen LogP contribution in [0.3, 0.4) is 0 Å². The van der Waals surface area contributed by atoms with E-state index in [1.807, 2.05) is 13.0 Å². The van der Waals surface area contributed by atoms with Crippen LogP contribution in [0.2, 0.25) is 0 Å². The number of amides is 1. The Balaban J connectivity index is 3.10. The molecule has 0 radical (unpaired) electrons. The highest BCUT2D eigenvalue weighted by Gasteiger charge is 2.34. The van der Waals surface area contributed by atoms with Gasteiger partial charge in [0.1, 0.15) is 5.92 Å². The van der Waals surface area contributed by atoms with Gasteiger partial charge in [0.2, 0.25) is 5.91 Å². The second-order valence-electron chi connectivity index (χ2n) is 3.17. The van der Waals surface area contributed by atoms with Gasteiger partial charge in [0.15, 0.2) is 0 Å². The molecule has 0 aromatic rings. The van der Waals surface area contributed by atoms with Gasteiger partial charge in [-0.3, -0.25) is 4.79 Å². The summed E-state index contributed by atoms with van der Waals surface area (Å²) in [5, 5.41) is 21.0. The molecule has 0 aliphatic carbocycles. The van der Waals surface area contributed by atoms with Gasteiger partial charge >= 0.3 is 0 Å². The molecule has 0 bridgehead atoms.